The van der Waals surface area contributed by atoms with Gasteiger partial charge in [-0.3, -0.25) is 0 Å². The maximum Gasteiger partial charge on any atom is 0.160 e. The van der Waals surface area contributed by atoms with E-state index in [1.807, 2.05) is 27.0 Å². The maximum atomic E-state index is 6.25. The highest BCUT2D eigenvalue weighted by Crippen LogP contribution is 2.26. The molecule has 0 aliphatic carbocycles. The van der Waals surface area contributed by atoms with Gasteiger partial charge in [-0.25, -0.2) is 9.97 Å². The van der Waals surface area contributed by atoms with Crippen LogP contribution in [0, 0.1) is 13.8 Å². The van der Waals surface area contributed by atoms with Crippen molar-refractivity contribution in [2.75, 3.05) is 0 Å². The molecule has 0 fully saturated rings. The van der Waals surface area contributed by atoms with Crippen molar-refractivity contribution in [3.8, 4) is 11.4 Å². The first-order chi connectivity index (χ1) is 10.3. The molecular formula is C18H22N4. The molecule has 22 heavy (non-hydrogen) atoms. The van der Waals surface area contributed by atoms with Gasteiger partial charge in [-0.1, -0.05) is 23.8 Å². The van der Waals surface area contributed by atoms with E-state index in [1.165, 1.54) is 5.56 Å². The lowest BCUT2D eigenvalue weighted by atomic mass is 10.1. The molecule has 4 nitrogen and oxygen atoms in total. The molecule has 0 atom stereocenters. The molecule has 2 heterocycles. The monoisotopic (exact) mass is 294 g/mol. The Kier molecular flexibility index (Phi) is 3.49. The van der Waals surface area contributed by atoms with E-state index in [-0.39, 0.29) is 5.54 Å². The van der Waals surface area contributed by atoms with Crippen LogP contribution in [0.15, 0.2) is 36.5 Å². The van der Waals surface area contributed by atoms with Crippen molar-refractivity contribution in [1.29, 1.82) is 0 Å². The van der Waals surface area contributed by atoms with Crippen LogP contribution in [-0.4, -0.2) is 20.1 Å². The normalized spacial score (nSPS) is 12.0. The Morgan fingerprint density at radius 1 is 1.14 bits per heavy atom. The first-order valence-electron chi connectivity index (χ1n) is 7.52. The van der Waals surface area contributed by atoms with Gasteiger partial charge in [-0.15, -0.1) is 0 Å². The Bertz CT molecular complexity index is 825. The van der Waals surface area contributed by atoms with E-state index < -0.39 is 0 Å². The number of benzene rings is 1. The zero-order chi connectivity index (χ0) is 15.9. The second kappa shape index (κ2) is 5.21. The number of nitrogens with zero attached hydrogens (tertiary/aromatic N) is 3. The van der Waals surface area contributed by atoms with Crippen molar-refractivity contribution < 1.29 is 0 Å². The number of nitrogens with two attached hydrogens (primary N) is 1. The van der Waals surface area contributed by atoms with E-state index in [9.17, 15) is 0 Å². The van der Waals surface area contributed by atoms with E-state index in [0.717, 1.165) is 28.1 Å². The highest BCUT2D eigenvalue weighted by molar-refractivity contribution is 5.77. The van der Waals surface area contributed by atoms with Crippen LogP contribution in [0.2, 0.25) is 0 Å². The van der Waals surface area contributed by atoms with Crippen molar-refractivity contribution in [1.82, 2.24) is 14.5 Å². The summed E-state index contributed by atoms with van der Waals surface area (Å²) in [5.74, 6) is 0.926. The minimum Gasteiger partial charge on any atom is -0.324 e. The maximum absolute atomic E-state index is 6.25. The highest BCUT2D eigenvalue weighted by Gasteiger charge is 2.19. The number of hydrogen-bond donors (Lipinski definition) is 1. The fourth-order valence-electron chi connectivity index (χ4n) is 2.67. The van der Waals surface area contributed by atoms with Crippen LogP contribution < -0.4 is 5.73 Å². The topological polar surface area (TPSA) is 56.7 Å². The Hall–Kier alpha value is -2.20. The Morgan fingerprint density at radius 3 is 2.59 bits per heavy atom. The SMILES string of the molecule is Cc1cccc(-c2nc3cc(C)cnc3n2CC(C)(C)N)c1. The van der Waals surface area contributed by atoms with Gasteiger partial charge >= 0.3 is 0 Å². The molecule has 0 radical (unpaired) electrons. The fourth-order valence-corrected chi connectivity index (χ4v) is 2.67. The number of aromatic nitrogens is 3. The summed E-state index contributed by atoms with van der Waals surface area (Å²) in [6, 6.07) is 10.4. The first-order valence-corrected chi connectivity index (χ1v) is 7.52. The average molecular weight is 294 g/mol. The van der Waals surface area contributed by atoms with Gasteiger partial charge in [0.25, 0.3) is 0 Å². The summed E-state index contributed by atoms with van der Waals surface area (Å²) >= 11 is 0. The minimum absolute atomic E-state index is 0.335. The highest BCUT2D eigenvalue weighted by atomic mass is 15.1. The van der Waals surface area contributed by atoms with Gasteiger partial charge in [-0.05, 0) is 45.4 Å². The van der Waals surface area contributed by atoms with Crippen molar-refractivity contribution in [3.05, 3.63) is 47.7 Å². The number of pyridine rings is 1. The second-order valence-electron chi connectivity index (χ2n) is 6.74. The number of imidazole rings is 1. The van der Waals surface area contributed by atoms with Gasteiger partial charge in [0.05, 0.1) is 0 Å². The summed E-state index contributed by atoms with van der Waals surface area (Å²) in [7, 11) is 0. The van der Waals surface area contributed by atoms with E-state index >= 15 is 0 Å². The summed E-state index contributed by atoms with van der Waals surface area (Å²) in [5, 5.41) is 0. The Morgan fingerprint density at radius 2 is 1.91 bits per heavy atom. The lowest BCUT2D eigenvalue weighted by Crippen LogP contribution is -2.37. The smallest absolute Gasteiger partial charge is 0.160 e. The summed E-state index contributed by atoms with van der Waals surface area (Å²) in [5.41, 5.74) is 11.1. The molecule has 0 saturated carbocycles. The summed E-state index contributed by atoms with van der Waals surface area (Å²) < 4.78 is 2.13. The molecular weight excluding hydrogens is 272 g/mol. The molecule has 4 heteroatoms. The zero-order valence-electron chi connectivity index (χ0n) is 13.6. The molecule has 0 aliphatic rings. The van der Waals surface area contributed by atoms with Gasteiger partial charge in [-0.2, -0.15) is 0 Å². The molecule has 2 aromatic heterocycles. The molecule has 0 spiro atoms. The van der Waals surface area contributed by atoms with Gasteiger partial charge < -0.3 is 10.3 Å². The van der Waals surface area contributed by atoms with E-state index in [0.29, 0.717) is 6.54 Å². The summed E-state index contributed by atoms with van der Waals surface area (Å²) in [4.78, 5) is 9.39. The van der Waals surface area contributed by atoms with Crippen LogP contribution in [0.5, 0.6) is 0 Å². The quantitative estimate of drug-likeness (QED) is 0.805. The van der Waals surface area contributed by atoms with Crippen LogP contribution in [0.1, 0.15) is 25.0 Å². The number of fused-ring (bicyclic) bond motifs is 1. The van der Waals surface area contributed by atoms with E-state index in [1.54, 1.807) is 0 Å². The fraction of sp³-hybridized carbons (Fsp3) is 0.333. The van der Waals surface area contributed by atoms with Crippen LogP contribution in [0.4, 0.5) is 0 Å². The molecule has 0 bridgehead atoms. The lowest BCUT2D eigenvalue weighted by molar-refractivity contribution is 0.441. The van der Waals surface area contributed by atoms with Crippen LogP contribution in [-0.2, 0) is 6.54 Å². The zero-order valence-corrected chi connectivity index (χ0v) is 13.6. The number of hydrogen-bond acceptors (Lipinski definition) is 3. The number of rotatable bonds is 3. The van der Waals surface area contributed by atoms with Crippen molar-refractivity contribution in [2.45, 2.75) is 39.8 Å². The molecule has 1 aromatic carbocycles. The summed E-state index contributed by atoms with van der Waals surface area (Å²) in [6.45, 7) is 8.83. The van der Waals surface area contributed by atoms with Crippen LogP contribution in [0.25, 0.3) is 22.6 Å². The molecule has 3 rings (SSSR count). The molecule has 2 N–H and O–H groups in total. The lowest BCUT2D eigenvalue weighted by Gasteiger charge is -2.21. The van der Waals surface area contributed by atoms with Crippen molar-refractivity contribution in [3.63, 3.8) is 0 Å². The van der Waals surface area contributed by atoms with Gasteiger partial charge in [0.1, 0.15) is 11.3 Å². The van der Waals surface area contributed by atoms with Crippen LogP contribution in [0.3, 0.4) is 0 Å². The molecule has 0 amide bonds. The predicted molar refractivity (Wildman–Crippen MR) is 90.7 cm³/mol. The van der Waals surface area contributed by atoms with E-state index in [2.05, 4.69) is 46.8 Å². The molecule has 3 aromatic rings. The molecule has 114 valence electrons. The molecule has 0 unspecified atom stereocenters. The third-order valence-electron chi connectivity index (χ3n) is 3.56. The van der Waals surface area contributed by atoms with Gasteiger partial charge in [0, 0.05) is 23.8 Å². The van der Waals surface area contributed by atoms with Gasteiger partial charge in [0.2, 0.25) is 0 Å². The van der Waals surface area contributed by atoms with Crippen molar-refractivity contribution in [2.24, 2.45) is 5.73 Å². The Balaban J connectivity index is 2.25. The summed E-state index contributed by atoms with van der Waals surface area (Å²) in [6.07, 6.45) is 1.88. The largest absolute Gasteiger partial charge is 0.324 e. The number of aryl methyl sites for hydroxylation is 2. The predicted octanol–water partition coefficient (Wildman–Crippen LogP) is 3.45. The van der Waals surface area contributed by atoms with Gasteiger partial charge in [0.15, 0.2) is 5.65 Å². The third kappa shape index (κ3) is 2.88. The van der Waals surface area contributed by atoms with E-state index in [4.69, 9.17) is 10.7 Å². The second-order valence-corrected chi connectivity index (χ2v) is 6.74. The molecule has 0 saturated heterocycles. The Labute approximate surface area is 131 Å². The van der Waals surface area contributed by atoms with Crippen LogP contribution >= 0.6 is 0 Å². The standard InChI is InChI=1S/C18H22N4/c1-12-6-5-7-14(8-12)16-21-15-9-13(2)10-20-17(15)22(16)11-18(3,4)19/h5-10H,11,19H2,1-4H3. The third-order valence-corrected chi connectivity index (χ3v) is 3.56. The first kappa shape index (κ1) is 14.7. The molecule has 0 aliphatic heterocycles. The minimum atomic E-state index is -0.335. The van der Waals surface area contributed by atoms with Crippen molar-refractivity contribution >= 4 is 11.2 Å². The average Bonchev–Trinajstić information content (AvgIpc) is 2.74.